The number of β-lactam (4-membered cyclic amide) rings is 1. The van der Waals surface area contributed by atoms with Gasteiger partial charge in [-0.3, -0.25) is 9.59 Å². The molecule has 120 valence electrons. The number of aliphatic carboxylic acids is 1. The molecule has 0 aromatic heterocycles. The predicted octanol–water partition coefficient (Wildman–Crippen LogP) is 1.16. The standard InChI is InChI=1S/C16H16N2O4S/c1-16(2)11(15(21)22)18-13(20)10(14(18)23-16)17-7-8-5-3-4-6-9(8)12(17)19/h3-6,10-11,14H,7H2,1-2H3,(H,21,22)/t10-,11+,14-/m1/s1. The van der Waals surface area contributed by atoms with Crippen molar-refractivity contribution in [2.45, 2.75) is 42.6 Å². The Morgan fingerprint density at radius 2 is 2.00 bits per heavy atom. The van der Waals surface area contributed by atoms with Crippen LogP contribution in [0.15, 0.2) is 24.3 Å². The molecular formula is C16H16N2O4S. The summed E-state index contributed by atoms with van der Waals surface area (Å²) < 4.78 is -0.573. The highest BCUT2D eigenvalue weighted by atomic mass is 32.2. The smallest absolute Gasteiger partial charge is 0.327 e. The molecule has 1 N–H and O–H groups in total. The average Bonchev–Trinajstić information content (AvgIpc) is 2.93. The number of nitrogens with zero attached hydrogens (tertiary/aromatic N) is 2. The Morgan fingerprint density at radius 3 is 2.65 bits per heavy atom. The van der Waals surface area contributed by atoms with Crippen molar-refractivity contribution in [1.82, 2.24) is 9.80 Å². The second-order valence-corrected chi connectivity index (χ2v) is 8.40. The predicted molar refractivity (Wildman–Crippen MR) is 83.8 cm³/mol. The van der Waals surface area contributed by atoms with Crippen LogP contribution in [-0.4, -0.2) is 54.9 Å². The average molecular weight is 332 g/mol. The number of thioether (sulfide) groups is 1. The van der Waals surface area contributed by atoms with Gasteiger partial charge in [-0.25, -0.2) is 4.79 Å². The van der Waals surface area contributed by atoms with E-state index in [1.54, 1.807) is 11.0 Å². The molecule has 23 heavy (non-hydrogen) atoms. The topological polar surface area (TPSA) is 77.9 Å². The van der Waals surface area contributed by atoms with Crippen molar-refractivity contribution in [2.24, 2.45) is 0 Å². The Hall–Kier alpha value is -2.02. The highest BCUT2D eigenvalue weighted by molar-refractivity contribution is 8.01. The number of benzene rings is 1. The van der Waals surface area contributed by atoms with E-state index in [0.717, 1.165) is 5.56 Å². The van der Waals surface area contributed by atoms with Crippen LogP contribution in [0.2, 0.25) is 0 Å². The molecule has 3 aliphatic rings. The van der Waals surface area contributed by atoms with Gasteiger partial charge in [0.1, 0.15) is 17.5 Å². The summed E-state index contributed by atoms with van der Waals surface area (Å²) in [6, 6.07) is 5.93. The van der Waals surface area contributed by atoms with Gasteiger partial charge in [-0.1, -0.05) is 18.2 Å². The summed E-state index contributed by atoms with van der Waals surface area (Å²) in [7, 11) is 0. The summed E-state index contributed by atoms with van der Waals surface area (Å²) in [5.41, 5.74) is 1.55. The number of carbonyl (C=O) groups is 3. The lowest BCUT2D eigenvalue weighted by Crippen LogP contribution is -2.70. The van der Waals surface area contributed by atoms with Crippen LogP contribution in [0.25, 0.3) is 0 Å². The van der Waals surface area contributed by atoms with Crippen molar-refractivity contribution in [1.29, 1.82) is 0 Å². The fourth-order valence-corrected chi connectivity index (χ4v) is 5.48. The number of hydrogen-bond acceptors (Lipinski definition) is 4. The van der Waals surface area contributed by atoms with Crippen molar-refractivity contribution in [3.05, 3.63) is 35.4 Å². The molecule has 0 spiro atoms. The second kappa shape index (κ2) is 4.50. The van der Waals surface area contributed by atoms with Gasteiger partial charge in [-0.15, -0.1) is 11.8 Å². The number of hydrogen-bond donors (Lipinski definition) is 1. The number of amides is 2. The molecule has 2 saturated heterocycles. The second-order valence-electron chi connectivity index (χ2n) is 6.63. The Morgan fingerprint density at radius 1 is 1.30 bits per heavy atom. The largest absolute Gasteiger partial charge is 0.480 e. The lowest BCUT2D eigenvalue weighted by Gasteiger charge is -2.47. The van der Waals surface area contributed by atoms with E-state index in [1.807, 2.05) is 32.0 Å². The molecule has 1 aromatic carbocycles. The van der Waals surface area contributed by atoms with Crippen molar-refractivity contribution >= 4 is 29.5 Å². The first-order valence-corrected chi connectivity index (χ1v) is 8.32. The van der Waals surface area contributed by atoms with Crippen LogP contribution < -0.4 is 0 Å². The van der Waals surface area contributed by atoms with Crippen LogP contribution in [0.3, 0.4) is 0 Å². The maximum Gasteiger partial charge on any atom is 0.327 e. The van der Waals surface area contributed by atoms with Gasteiger partial charge in [0.2, 0.25) is 5.91 Å². The first-order valence-electron chi connectivity index (χ1n) is 7.44. The molecule has 0 unspecified atom stereocenters. The van der Waals surface area contributed by atoms with Crippen LogP contribution in [0.4, 0.5) is 0 Å². The first-order chi connectivity index (χ1) is 10.8. The summed E-state index contributed by atoms with van der Waals surface area (Å²) in [6.07, 6.45) is 0. The monoisotopic (exact) mass is 332 g/mol. The minimum Gasteiger partial charge on any atom is -0.480 e. The van der Waals surface area contributed by atoms with Gasteiger partial charge in [0.25, 0.3) is 5.91 Å². The zero-order chi connectivity index (χ0) is 16.5. The third-order valence-corrected chi connectivity index (χ3v) is 6.39. The first kappa shape index (κ1) is 14.6. The van der Waals surface area contributed by atoms with Crippen LogP contribution in [0, 0.1) is 0 Å². The molecule has 0 radical (unpaired) electrons. The van der Waals surface area contributed by atoms with Gasteiger partial charge >= 0.3 is 5.97 Å². The minimum atomic E-state index is -0.993. The zero-order valence-electron chi connectivity index (χ0n) is 12.7. The third kappa shape index (κ3) is 1.80. The molecule has 4 rings (SSSR count). The molecule has 7 heteroatoms. The van der Waals surface area contributed by atoms with Crippen LogP contribution in [0.1, 0.15) is 29.8 Å². The minimum absolute atomic E-state index is 0.143. The maximum atomic E-state index is 12.6. The van der Waals surface area contributed by atoms with Crippen LogP contribution >= 0.6 is 11.8 Å². The molecule has 0 aliphatic carbocycles. The number of carbonyl (C=O) groups excluding carboxylic acids is 2. The van der Waals surface area contributed by atoms with Crippen molar-refractivity contribution in [2.75, 3.05) is 0 Å². The summed E-state index contributed by atoms with van der Waals surface area (Å²) in [5.74, 6) is -1.40. The molecule has 6 nitrogen and oxygen atoms in total. The molecule has 2 fully saturated rings. The van der Waals surface area contributed by atoms with Crippen LogP contribution in [0.5, 0.6) is 0 Å². The SMILES string of the molecule is CC1(C)S[C@@H]2[C@H](N3Cc4ccccc4C3=O)C(=O)N2[C@H]1C(=O)O. The van der Waals surface area contributed by atoms with Gasteiger partial charge < -0.3 is 14.9 Å². The summed E-state index contributed by atoms with van der Waals surface area (Å²) in [5, 5.41) is 9.17. The molecule has 1 aromatic rings. The summed E-state index contributed by atoms with van der Waals surface area (Å²) in [4.78, 5) is 39.7. The Kier molecular flexibility index (Phi) is 2.85. The fraction of sp³-hybridized carbons (Fsp3) is 0.438. The third-order valence-electron chi connectivity index (χ3n) is 4.83. The highest BCUT2D eigenvalue weighted by Crippen LogP contribution is 2.52. The molecule has 3 heterocycles. The molecule has 0 saturated carbocycles. The van der Waals surface area contributed by atoms with Gasteiger partial charge in [-0.05, 0) is 25.5 Å². The Labute approximate surface area is 137 Å². The van der Waals surface area contributed by atoms with E-state index < -0.39 is 22.8 Å². The number of fused-ring (bicyclic) bond motifs is 2. The van der Waals surface area contributed by atoms with E-state index in [-0.39, 0.29) is 17.2 Å². The molecule has 0 bridgehead atoms. The Bertz CT molecular complexity index is 747. The van der Waals surface area contributed by atoms with E-state index in [9.17, 15) is 19.5 Å². The van der Waals surface area contributed by atoms with Crippen molar-refractivity contribution < 1.29 is 19.5 Å². The van der Waals surface area contributed by atoms with E-state index >= 15 is 0 Å². The number of carboxylic acids is 1. The van der Waals surface area contributed by atoms with Crippen molar-refractivity contribution in [3.8, 4) is 0 Å². The van der Waals surface area contributed by atoms with Crippen molar-refractivity contribution in [3.63, 3.8) is 0 Å². The Balaban J connectivity index is 1.64. The molecule has 3 aliphatic heterocycles. The molecule has 3 atom stereocenters. The number of rotatable bonds is 2. The quantitative estimate of drug-likeness (QED) is 0.822. The van der Waals surface area contributed by atoms with E-state index in [4.69, 9.17) is 0 Å². The summed E-state index contributed by atoms with van der Waals surface area (Å²) in [6.45, 7) is 4.08. The molecule has 2 amide bonds. The lowest BCUT2D eigenvalue weighted by molar-refractivity contribution is -0.163. The fourth-order valence-electron chi connectivity index (χ4n) is 3.78. The summed E-state index contributed by atoms with van der Waals surface area (Å²) >= 11 is 1.46. The van der Waals surface area contributed by atoms with Gasteiger partial charge in [0.05, 0.1) is 0 Å². The van der Waals surface area contributed by atoms with E-state index in [0.29, 0.717) is 12.1 Å². The van der Waals surface area contributed by atoms with Gasteiger partial charge in [0, 0.05) is 16.9 Å². The van der Waals surface area contributed by atoms with Gasteiger partial charge in [0.15, 0.2) is 0 Å². The van der Waals surface area contributed by atoms with E-state index in [2.05, 4.69) is 0 Å². The van der Waals surface area contributed by atoms with Gasteiger partial charge in [-0.2, -0.15) is 0 Å². The zero-order valence-corrected chi connectivity index (χ0v) is 13.5. The normalized spacial score (nSPS) is 31.0. The molecular weight excluding hydrogens is 316 g/mol. The van der Waals surface area contributed by atoms with Crippen LogP contribution in [-0.2, 0) is 16.1 Å². The highest BCUT2D eigenvalue weighted by Gasteiger charge is 2.66. The number of carboxylic acid groups (broad SMARTS) is 1. The maximum absolute atomic E-state index is 12.6. The van der Waals surface area contributed by atoms with E-state index in [1.165, 1.54) is 16.7 Å². The lowest BCUT2D eigenvalue weighted by atomic mass is 9.95.